The minimum atomic E-state index is -1.08. The Bertz CT molecular complexity index is 560. The van der Waals surface area contributed by atoms with Crippen molar-refractivity contribution in [2.45, 2.75) is 6.82 Å². The summed E-state index contributed by atoms with van der Waals surface area (Å²) in [5, 5.41) is 33.6. The van der Waals surface area contributed by atoms with E-state index in [1.165, 1.54) is 6.82 Å². The highest BCUT2D eigenvalue weighted by molar-refractivity contribution is 6.47. The van der Waals surface area contributed by atoms with Gasteiger partial charge >= 0.3 is 13.0 Å². The van der Waals surface area contributed by atoms with Gasteiger partial charge in [0.15, 0.2) is 12.4 Å². The molecule has 0 saturated carbocycles. The first kappa shape index (κ1) is 15.4. The molecule has 0 aliphatic rings. The van der Waals surface area contributed by atoms with Crippen molar-refractivity contribution < 1.29 is 24.2 Å². The summed E-state index contributed by atoms with van der Waals surface area (Å²) in [5.41, 5.74) is -0.663. The molecule has 0 fully saturated rings. The predicted octanol–water partition coefficient (Wildman–Crippen LogP) is -0.558. The van der Waals surface area contributed by atoms with Gasteiger partial charge in [0.25, 0.3) is 5.69 Å². The van der Waals surface area contributed by atoms with E-state index < -0.39 is 17.9 Å². The molecule has 0 spiro atoms. The number of aromatic nitrogens is 1. The Morgan fingerprint density at radius 1 is 1.65 bits per heavy atom. The average Bonchev–Trinajstić information content (AvgIpc) is 2.36. The third-order valence-corrected chi connectivity index (χ3v) is 2.21. The van der Waals surface area contributed by atoms with Crippen LogP contribution in [0, 0.1) is 15.3 Å². The van der Waals surface area contributed by atoms with Gasteiger partial charge in [-0.1, -0.05) is 0 Å². The van der Waals surface area contributed by atoms with Crippen LogP contribution in [0.5, 0.6) is 0 Å². The zero-order valence-corrected chi connectivity index (χ0v) is 10.8. The maximum absolute atomic E-state index is 11.5. The van der Waals surface area contributed by atoms with Crippen LogP contribution >= 0.6 is 0 Å². The first-order valence-electron chi connectivity index (χ1n) is 5.47. The van der Waals surface area contributed by atoms with Gasteiger partial charge < -0.3 is 20.2 Å². The Morgan fingerprint density at radius 2 is 2.30 bits per heavy atom. The maximum Gasteiger partial charge on any atom is 0.407 e. The third-order valence-electron chi connectivity index (χ3n) is 2.21. The number of methoxy groups -OCH3 is 1. The van der Waals surface area contributed by atoms with Crippen molar-refractivity contribution in [3.05, 3.63) is 45.0 Å². The Kier molecular flexibility index (Phi) is 5.04. The molecule has 0 saturated heterocycles. The molecule has 0 aromatic carbocycles. The van der Waals surface area contributed by atoms with Crippen molar-refractivity contribution in [1.82, 2.24) is 5.23 Å². The Morgan fingerprint density at radius 3 is 2.80 bits per heavy atom. The van der Waals surface area contributed by atoms with Crippen molar-refractivity contribution in [2.75, 3.05) is 7.11 Å². The van der Waals surface area contributed by atoms with Crippen LogP contribution in [-0.4, -0.2) is 30.1 Å². The van der Waals surface area contributed by atoms with Gasteiger partial charge in [-0.25, -0.2) is 4.79 Å². The van der Waals surface area contributed by atoms with E-state index in [1.54, 1.807) is 0 Å². The number of nitrogens with one attached hydrogen (secondary N) is 1. The zero-order chi connectivity index (χ0) is 15.3. The number of nitro groups is 1. The molecule has 0 bridgehead atoms. The minimum Gasteiger partial charge on any atom is -0.619 e. The second-order valence-electron chi connectivity index (χ2n) is 3.77. The lowest BCUT2D eigenvalue weighted by Gasteiger charge is -2.09. The SMILES string of the molecule is COC(=O)C(=Cc1c[n+]([O-])ccc1[N+](=O)[O-])NB(C)O. The van der Waals surface area contributed by atoms with Gasteiger partial charge in [-0.3, -0.25) is 10.1 Å². The number of carbonyl (C=O) groups excluding carboxylic acids is 1. The summed E-state index contributed by atoms with van der Waals surface area (Å²) in [6.45, 7) is 1.35. The number of carbonyl (C=O) groups is 1. The molecule has 1 aromatic heterocycles. The molecule has 0 unspecified atom stereocenters. The van der Waals surface area contributed by atoms with E-state index in [9.17, 15) is 25.1 Å². The lowest BCUT2D eigenvalue weighted by atomic mass is 9.88. The molecule has 0 aliphatic carbocycles. The van der Waals surface area contributed by atoms with Crippen LogP contribution in [0.2, 0.25) is 6.82 Å². The fourth-order valence-corrected chi connectivity index (χ4v) is 1.41. The van der Waals surface area contributed by atoms with E-state index in [-0.39, 0.29) is 16.9 Å². The molecule has 0 atom stereocenters. The third kappa shape index (κ3) is 3.95. The van der Waals surface area contributed by atoms with Gasteiger partial charge in [-0.15, -0.1) is 0 Å². The molecule has 10 heteroatoms. The molecular weight excluding hydrogens is 269 g/mol. The monoisotopic (exact) mass is 281 g/mol. The largest absolute Gasteiger partial charge is 0.619 e. The van der Waals surface area contributed by atoms with Crippen LogP contribution in [0.15, 0.2) is 24.2 Å². The van der Waals surface area contributed by atoms with Gasteiger partial charge in [0.05, 0.1) is 18.1 Å². The molecule has 1 aromatic rings. The van der Waals surface area contributed by atoms with E-state index in [0.29, 0.717) is 4.73 Å². The highest BCUT2D eigenvalue weighted by Gasteiger charge is 2.20. The van der Waals surface area contributed by atoms with Crippen molar-refractivity contribution >= 4 is 24.8 Å². The molecule has 9 nitrogen and oxygen atoms in total. The van der Waals surface area contributed by atoms with Crippen LogP contribution in [0.1, 0.15) is 5.56 Å². The van der Waals surface area contributed by atoms with Crippen molar-refractivity contribution in [2.24, 2.45) is 0 Å². The second-order valence-corrected chi connectivity index (χ2v) is 3.77. The summed E-state index contributed by atoms with van der Waals surface area (Å²) in [6.07, 6.45) is 2.96. The van der Waals surface area contributed by atoms with E-state index in [1.807, 2.05) is 0 Å². The van der Waals surface area contributed by atoms with Crippen LogP contribution < -0.4 is 9.96 Å². The van der Waals surface area contributed by atoms with Crippen molar-refractivity contribution in [3.8, 4) is 0 Å². The molecule has 1 heterocycles. The van der Waals surface area contributed by atoms with Gasteiger partial charge in [-0.2, -0.15) is 4.73 Å². The summed E-state index contributed by atoms with van der Waals surface area (Å²) in [5.74, 6) is -0.832. The molecule has 0 amide bonds. The average molecular weight is 281 g/mol. The minimum absolute atomic E-state index is 0.0962. The fraction of sp³-hybridized carbons (Fsp3) is 0.200. The molecule has 2 N–H and O–H groups in total. The summed E-state index contributed by atoms with van der Waals surface area (Å²) < 4.78 is 4.84. The highest BCUT2D eigenvalue weighted by Crippen LogP contribution is 2.18. The number of ether oxygens (including phenoxy) is 1. The topological polar surface area (TPSA) is 129 Å². The van der Waals surface area contributed by atoms with Crippen LogP contribution in [0.3, 0.4) is 0 Å². The summed E-state index contributed by atoms with van der Waals surface area (Å²) in [4.78, 5) is 21.7. The molecule has 1 rings (SSSR count). The number of pyridine rings is 1. The molecule has 0 aliphatic heterocycles. The number of rotatable bonds is 5. The summed E-state index contributed by atoms with van der Waals surface area (Å²) in [7, 11) is 0.0371. The van der Waals surface area contributed by atoms with Crippen LogP contribution in [-0.2, 0) is 9.53 Å². The quantitative estimate of drug-likeness (QED) is 0.141. The standard InChI is InChI=1S/C10H12BN3O6/c1-11(16)12-8(10(15)20-2)5-7-6-13(17)4-3-9(7)14(18)19/h3-6,12,16H,1-2H3. The van der Waals surface area contributed by atoms with Gasteiger partial charge in [-0.05, 0) is 12.9 Å². The fourth-order valence-electron chi connectivity index (χ4n) is 1.41. The van der Waals surface area contributed by atoms with E-state index in [2.05, 4.69) is 9.96 Å². The van der Waals surface area contributed by atoms with Gasteiger partial charge in [0.1, 0.15) is 11.3 Å². The number of nitrogens with zero attached hydrogens (tertiary/aromatic N) is 2. The molecule has 106 valence electrons. The smallest absolute Gasteiger partial charge is 0.407 e. The lowest BCUT2D eigenvalue weighted by Crippen LogP contribution is -2.33. The van der Waals surface area contributed by atoms with E-state index in [4.69, 9.17) is 0 Å². The van der Waals surface area contributed by atoms with Gasteiger partial charge in [0.2, 0.25) is 0 Å². The first-order valence-corrected chi connectivity index (χ1v) is 5.47. The summed E-state index contributed by atoms with van der Waals surface area (Å²) >= 11 is 0. The van der Waals surface area contributed by atoms with Gasteiger partial charge in [0, 0.05) is 0 Å². The zero-order valence-electron chi connectivity index (χ0n) is 10.8. The normalized spacial score (nSPS) is 10.8. The Hall–Kier alpha value is -2.62. The predicted molar refractivity (Wildman–Crippen MR) is 69.0 cm³/mol. The molecule has 0 radical (unpaired) electrons. The van der Waals surface area contributed by atoms with Crippen LogP contribution in [0.4, 0.5) is 5.69 Å². The Labute approximate surface area is 114 Å². The summed E-state index contributed by atoms with van der Waals surface area (Å²) in [6, 6.07) is 1.01. The van der Waals surface area contributed by atoms with Crippen molar-refractivity contribution in [1.29, 1.82) is 0 Å². The van der Waals surface area contributed by atoms with Crippen molar-refractivity contribution in [3.63, 3.8) is 0 Å². The number of esters is 1. The molecular formula is C10H12BN3O6. The maximum atomic E-state index is 11.5. The lowest BCUT2D eigenvalue weighted by molar-refractivity contribution is -0.606. The second kappa shape index (κ2) is 6.52. The van der Waals surface area contributed by atoms with Crippen LogP contribution in [0.25, 0.3) is 6.08 Å². The number of hydrogen-bond acceptors (Lipinski definition) is 7. The molecule has 20 heavy (non-hydrogen) atoms. The first-order chi connectivity index (χ1) is 9.35. The Balaban J connectivity index is 3.31. The number of hydrogen-bond donors (Lipinski definition) is 2. The van der Waals surface area contributed by atoms with E-state index >= 15 is 0 Å². The highest BCUT2D eigenvalue weighted by atomic mass is 16.6. The van der Waals surface area contributed by atoms with E-state index in [0.717, 1.165) is 31.6 Å².